The number of anilines is 3. The topological polar surface area (TPSA) is 81.7 Å². The summed E-state index contributed by atoms with van der Waals surface area (Å²) in [4.78, 5) is 16.1. The minimum absolute atomic E-state index is 0.0622. The van der Waals surface area contributed by atoms with Gasteiger partial charge in [-0.3, -0.25) is 4.79 Å². The number of aromatic nitrogens is 1. The molecule has 132 valence electrons. The first-order valence-corrected chi connectivity index (χ1v) is 7.98. The Morgan fingerprint density at radius 3 is 2.20 bits per heavy atom. The highest BCUT2D eigenvalue weighted by molar-refractivity contribution is 5.93. The van der Waals surface area contributed by atoms with Gasteiger partial charge in [-0.15, -0.1) is 0 Å². The molecule has 1 saturated carbocycles. The van der Waals surface area contributed by atoms with E-state index in [2.05, 4.69) is 15.6 Å². The van der Waals surface area contributed by atoms with E-state index in [1.807, 2.05) is 6.07 Å². The zero-order valence-electron chi connectivity index (χ0n) is 14.5. The highest BCUT2D eigenvalue weighted by atomic mass is 16.5. The molecule has 1 fully saturated rings. The molecule has 1 aromatic heterocycles. The van der Waals surface area contributed by atoms with E-state index in [0.29, 0.717) is 28.8 Å². The Kier molecular flexibility index (Phi) is 4.92. The van der Waals surface area contributed by atoms with Crippen molar-refractivity contribution in [3.05, 3.63) is 30.5 Å². The van der Waals surface area contributed by atoms with Crippen LogP contribution < -0.4 is 24.8 Å². The van der Waals surface area contributed by atoms with E-state index < -0.39 is 0 Å². The van der Waals surface area contributed by atoms with Gasteiger partial charge in [-0.2, -0.15) is 0 Å². The predicted molar refractivity (Wildman–Crippen MR) is 95.0 cm³/mol. The van der Waals surface area contributed by atoms with Crippen molar-refractivity contribution in [2.24, 2.45) is 5.92 Å². The SMILES string of the molecule is COc1cc(Nc2ccc(NC(=O)C3CC3)cn2)cc(OC)c1OC. The van der Waals surface area contributed by atoms with E-state index in [4.69, 9.17) is 14.2 Å². The third kappa shape index (κ3) is 3.93. The summed E-state index contributed by atoms with van der Waals surface area (Å²) in [6, 6.07) is 7.21. The zero-order valence-corrected chi connectivity index (χ0v) is 14.5. The standard InChI is InChI=1S/C18H21N3O4/c1-23-14-8-13(9-15(24-2)17(14)25-3)20-16-7-6-12(10-19-16)21-18(22)11-4-5-11/h6-11H,4-5H2,1-3H3,(H,19,20)(H,21,22). The van der Waals surface area contributed by atoms with Crippen LogP contribution in [0.1, 0.15) is 12.8 Å². The molecule has 0 spiro atoms. The number of ether oxygens (including phenoxy) is 3. The normalized spacial score (nSPS) is 13.1. The van der Waals surface area contributed by atoms with Crippen LogP contribution in [-0.4, -0.2) is 32.2 Å². The van der Waals surface area contributed by atoms with Gasteiger partial charge < -0.3 is 24.8 Å². The number of nitrogens with zero attached hydrogens (tertiary/aromatic N) is 1. The van der Waals surface area contributed by atoms with Gasteiger partial charge in [0.15, 0.2) is 11.5 Å². The van der Waals surface area contributed by atoms with Gasteiger partial charge >= 0.3 is 0 Å². The van der Waals surface area contributed by atoms with E-state index in [1.54, 1.807) is 45.7 Å². The molecular formula is C18H21N3O4. The molecular weight excluding hydrogens is 322 g/mol. The van der Waals surface area contributed by atoms with Crippen molar-refractivity contribution in [1.29, 1.82) is 0 Å². The number of carbonyl (C=O) groups excluding carboxylic acids is 1. The van der Waals surface area contributed by atoms with Crippen LogP contribution >= 0.6 is 0 Å². The Balaban J connectivity index is 1.74. The molecule has 1 heterocycles. The Morgan fingerprint density at radius 2 is 1.72 bits per heavy atom. The van der Waals surface area contributed by atoms with Gasteiger partial charge in [0.2, 0.25) is 11.7 Å². The van der Waals surface area contributed by atoms with Crippen molar-refractivity contribution in [3.8, 4) is 17.2 Å². The fourth-order valence-electron chi connectivity index (χ4n) is 2.43. The maximum Gasteiger partial charge on any atom is 0.227 e. The van der Waals surface area contributed by atoms with Crippen LogP contribution in [0.2, 0.25) is 0 Å². The minimum atomic E-state index is 0.0622. The Labute approximate surface area is 146 Å². The molecule has 0 radical (unpaired) electrons. The smallest absolute Gasteiger partial charge is 0.227 e. The molecule has 2 aromatic rings. The number of amides is 1. The quantitative estimate of drug-likeness (QED) is 0.803. The number of hydrogen-bond acceptors (Lipinski definition) is 6. The maximum absolute atomic E-state index is 11.8. The summed E-state index contributed by atoms with van der Waals surface area (Å²) in [6.07, 6.45) is 3.57. The summed E-state index contributed by atoms with van der Waals surface area (Å²) < 4.78 is 16.0. The van der Waals surface area contributed by atoms with E-state index in [0.717, 1.165) is 18.5 Å². The predicted octanol–water partition coefficient (Wildman–Crippen LogP) is 3.20. The first-order valence-electron chi connectivity index (χ1n) is 7.98. The van der Waals surface area contributed by atoms with Gasteiger partial charge in [-0.05, 0) is 25.0 Å². The highest BCUT2D eigenvalue weighted by Gasteiger charge is 2.29. The summed E-state index contributed by atoms with van der Waals surface area (Å²) in [5, 5.41) is 6.04. The van der Waals surface area contributed by atoms with Crippen molar-refractivity contribution in [1.82, 2.24) is 4.98 Å². The van der Waals surface area contributed by atoms with E-state index in [1.165, 1.54) is 0 Å². The average Bonchev–Trinajstić information content (AvgIpc) is 3.47. The van der Waals surface area contributed by atoms with Gasteiger partial charge in [0.25, 0.3) is 0 Å². The molecule has 0 saturated heterocycles. The molecule has 2 N–H and O–H groups in total. The monoisotopic (exact) mass is 343 g/mol. The average molecular weight is 343 g/mol. The second kappa shape index (κ2) is 7.29. The summed E-state index contributed by atoms with van der Waals surface area (Å²) in [5.41, 5.74) is 1.43. The van der Waals surface area contributed by atoms with Gasteiger partial charge in [0.05, 0.1) is 33.2 Å². The maximum atomic E-state index is 11.8. The van der Waals surface area contributed by atoms with E-state index in [9.17, 15) is 4.79 Å². The third-order valence-electron chi connectivity index (χ3n) is 3.92. The number of rotatable bonds is 7. The summed E-state index contributed by atoms with van der Waals surface area (Å²) in [7, 11) is 4.69. The van der Waals surface area contributed by atoms with Crippen molar-refractivity contribution in [2.45, 2.75) is 12.8 Å². The molecule has 0 unspecified atom stereocenters. The van der Waals surface area contributed by atoms with Crippen molar-refractivity contribution in [3.63, 3.8) is 0 Å². The van der Waals surface area contributed by atoms with Crippen LogP contribution in [0, 0.1) is 5.92 Å². The molecule has 1 aromatic carbocycles. The van der Waals surface area contributed by atoms with Crippen molar-refractivity contribution in [2.75, 3.05) is 32.0 Å². The number of hydrogen-bond donors (Lipinski definition) is 2. The minimum Gasteiger partial charge on any atom is -0.493 e. The zero-order chi connectivity index (χ0) is 17.8. The van der Waals surface area contributed by atoms with Crippen LogP contribution in [0.5, 0.6) is 17.2 Å². The van der Waals surface area contributed by atoms with Crippen LogP contribution in [0.15, 0.2) is 30.5 Å². The number of carbonyl (C=O) groups is 1. The Morgan fingerprint density at radius 1 is 1.04 bits per heavy atom. The fourth-order valence-corrected chi connectivity index (χ4v) is 2.43. The van der Waals surface area contributed by atoms with Crippen LogP contribution in [0.25, 0.3) is 0 Å². The van der Waals surface area contributed by atoms with Crippen LogP contribution in [0.3, 0.4) is 0 Å². The molecule has 1 aliphatic rings. The molecule has 25 heavy (non-hydrogen) atoms. The van der Waals surface area contributed by atoms with Crippen LogP contribution in [0.4, 0.5) is 17.2 Å². The number of benzene rings is 1. The van der Waals surface area contributed by atoms with Crippen molar-refractivity contribution < 1.29 is 19.0 Å². The third-order valence-corrected chi connectivity index (χ3v) is 3.92. The summed E-state index contributed by atoms with van der Waals surface area (Å²) >= 11 is 0. The lowest BCUT2D eigenvalue weighted by atomic mass is 10.2. The second-order valence-electron chi connectivity index (χ2n) is 5.73. The Bertz CT molecular complexity index is 732. The lowest BCUT2D eigenvalue weighted by Gasteiger charge is -2.15. The highest BCUT2D eigenvalue weighted by Crippen LogP contribution is 2.40. The molecule has 1 amide bonds. The lowest BCUT2D eigenvalue weighted by molar-refractivity contribution is -0.117. The molecule has 7 nitrogen and oxygen atoms in total. The van der Waals surface area contributed by atoms with Gasteiger partial charge in [-0.1, -0.05) is 0 Å². The van der Waals surface area contributed by atoms with Gasteiger partial charge in [0, 0.05) is 23.7 Å². The molecule has 7 heteroatoms. The van der Waals surface area contributed by atoms with Gasteiger partial charge in [0.1, 0.15) is 5.82 Å². The van der Waals surface area contributed by atoms with E-state index in [-0.39, 0.29) is 11.8 Å². The first-order chi connectivity index (χ1) is 12.1. The van der Waals surface area contributed by atoms with E-state index >= 15 is 0 Å². The largest absolute Gasteiger partial charge is 0.493 e. The molecule has 3 rings (SSSR count). The number of nitrogens with one attached hydrogen (secondary N) is 2. The molecule has 1 aliphatic carbocycles. The molecule has 0 aliphatic heterocycles. The summed E-state index contributed by atoms with van der Waals surface area (Å²) in [5.74, 6) is 2.50. The molecule has 0 bridgehead atoms. The number of pyridine rings is 1. The first kappa shape index (κ1) is 16.9. The van der Waals surface area contributed by atoms with Gasteiger partial charge in [-0.25, -0.2) is 4.98 Å². The lowest BCUT2D eigenvalue weighted by Crippen LogP contribution is -2.13. The fraction of sp³-hybridized carbons (Fsp3) is 0.333. The number of methoxy groups -OCH3 is 3. The molecule has 0 atom stereocenters. The second-order valence-corrected chi connectivity index (χ2v) is 5.73. The Hall–Kier alpha value is -2.96. The van der Waals surface area contributed by atoms with Crippen molar-refractivity contribution >= 4 is 23.1 Å². The van der Waals surface area contributed by atoms with Crippen LogP contribution in [-0.2, 0) is 4.79 Å². The summed E-state index contributed by atoms with van der Waals surface area (Å²) in [6.45, 7) is 0.